The zero-order valence-corrected chi connectivity index (χ0v) is 8.54. The van der Waals surface area contributed by atoms with Crippen molar-refractivity contribution in [3.63, 3.8) is 0 Å². The van der Waals surface area contributed by atoms with Crippen LogP contribution in [0.1, 0.15) is 18.4 Å². The van der Waals surface area contributed by atoms with E-state index < -0.39 is 0 Å². The van der Waals surface area contributed by atoms with E-state index in [0.29, 0.717) is 5.28 Å². The van der Waals surface area contributed by atoms with Gasteiger partial charge in [-0.3, -0.25) is 4.90 Å². The molecule has 70 valence electrons. The van der Waals surface area contributed by atoms with Gasteiger partial charge in [0.05, 0.1) is 0 Å². The summed E-state index contributed by atoms with van der Waals surface area (Å²) < 4.78 is 0. The van der Waals surface area contributed by atoms with Crippen LogP contribution in [0.5, 0.6) is 0 Å². The largest absolute Gasteiger partial charge is 0.300 e. The second kappa shape index (κ2) is 2.93. The fraction of sp³-hybridized carbons (Fsp3) is 0.556. The quantitative estimate of drug-likeness (QED) is 0.676. The van der Waals surface area contributed by atoms with E-state index in [2.05, 4.69) is 29.0 Å². The number of halogens is 1. The summed E-state index contributed by atoms with van der Waals surface area (Å²) in [6.07, 6.45) is 6.01. The monoisotopic (exact) mass is 197 g/mol. The fourth-order valence-corrected chi connectivity index (χ4v) is 1.76. The second-order valence-electron chi connectivity index (χ2n) is 3.67. The van der Waals surface area contributed by atoms with Crippen molar-refractivity contribution in [3.05, 3.63) is 23.2 Å². The predicted molar refractivity (Wildman–Crippen MR) is 51.6 cm³/mol. The van der Waals surface area contributed by atoms with Crippen LogP contribution in [0.4, 0.5) is 0 Å². The molecule has 0 radical (unpaired) electrons. The van der Waals surface area contributed by atoms with Gasteiger partial charge >= 0.3 is 0 Å². The van der Waals surface area contributed by atoms with E-state index in [4.69, 9.17) is 11.6 Å². The Hall–Kier alpha value is -0.670. The molecule has 0 N–H and O–H groups in total. The first kappa shape index (κ1) is 8.91. The maximum atomic E-state index is 5.63. The molecule has 1 aromatic rings. The summed E-state index contributed by atoms with van der Waals surface area (Å²) in [5.74, 6) is 0. The van der Waals surface area contributed by atoms with Gasteiger partial charge in [-0.05, 0) is 38.5 Å². The molecule has 2 rings (SSSR count). The summed E-state index contributed by atoms with van der Waals surface area (Å²) in [6, 6.07) is 0. The Bertz CT molecular complexity index is 303. The van der Waals surface area contributed by atoms with Crippen molar-refractivity contribution < 1.29 is 0 Å². The highest BCUT2D eigenvalue weighted by atomic mass is 35.5. The topological polar surface area (TPSA) is 29.0 Å². The van der Waals surface area contributed by atoms with Gasteiger partial charge in [0.25, 0.3) is 0 Å². The number of nitrogens with zero attached hydrogens (tertiary/aromatic N) is 3. The number of hydrogen-bond donors (Lipinski definition) is 0. The third-order valence-corrected chi connectivity index (χ3v) is 2.93. The molecule has 0 atom stereocenters. The first-order valence-corrected chi connectivity index (χ1v) is 4.68. The minimum atomic E-state index is 0.185. The second-order valence-corrected chi connectivity index (χ2v) is 4.00. The van der Waals surface area contributed by atoms with Crippen LogP contribution in [-0.4, -0.2) is 29.0 Å². The summed E-state index contributed by atoms with van der Waals surface area (Å²) in [7, 11) is 4.17. The van der Waals surface area contributed by atoms with E-state index in [0.717, 1.165) is 0 Å². The first-order chi connectivity index (χ1) is 6.15. The molecule has 1 aliphatic rings. The molecule has 0 saturated heterocycles. The molecule has 0 amide bonds. The molecule has 3 nitrogen and oxygen atoms in total. The summed E-state index contributed by atoms with van der Waals surface area (Å²) >= 11 is 5.63. The molecule has 0 aliphatic heterocycles. The summed E-state index contributed by atoms with van der Waals surface area (Å²) in [5, 5.41) is 0.318. The lowest BCUT2D eigenvalue weighted by molar-refractivity contribution is 0.274. The van der Waals surface area contributed by atoms with Crippen molar-refractivity contribution in [3.8, 4) is 0 Å². The summed E-state index contributed by atoms with van der Waals surface area (Å²) in [6.45, 7) is 0. The van der Waals surface area contributed by atoms with E-state index >= 15 is 0 Å². The van der Waals surface area contributed by atoms with Crippen LogP contribution in [0, 0.1) is 0 Å². The standard InChI is InChI=1S/C9H12ClN3/c1-13(2)9(3-4-9)7-5-11-8(10)12-6-7/h5-6H,3-4H2,1-2H3. The molecule has 4 heteroatoms. The fourth-order valence-electron chi connectivity index (χ4n) is 1.67. The molecule has 1 aliphatic carbocycles. The van der Waals surface area contributed by atoms with Gasteiger partial charge < -0.3 is 0 Å². The van der Waals surface area contributed by atoms with Crippen molar-refractivity contribution in [2.45, 2.75) is 18.4 Å². The van der Waals surface area contributed by atoms with Crippen molar-refractivity contribution in [2.75, 3.05) is 14.1 Å². The van der Waals surface area contributed by atoms with Gasteiger partial charge in [-0.2, -0.15) is 0 Å². The first-order valence-electron chi connectivity index (χ1n) is 4.31. The molecule has 0 unspecified atom stereocenters. The lowest BCUT2D eigenvalue weighted by atomic mass is 10.1. The van der Waals surface area contributed by atoms with Crippen LogP contribution in [0.15, 0.2) is 12.4 Å². The summed E-state index contributed by atoms with van der Waals surface area (Å²) in [4.78, 5) is 10.2. The lowest BCUT2D eigenvalue weighted by Crippen LogP contribution is -2.27. The average Bonchev–Trinajstić information content (AvgIpc) is 2.86. The van der Waals surface area contributed by atoms with Crippen molar-refractivity contribution in [1.29, 1.82) is 0 Å². The Morgan fingerprint density at radius 1 is 1.31 bits per heavy atom. The minimum absolute atomic E-state index is 0.185. The van der Waals surface area contributed by atoms with Crippen LogP contribution < -0.4 is 0 Å². The Morgan fingerprint density at radius 2 is 1.85 bits per heavy atom. The van der Waals surface area contributed by atoms with Crippen molar-refractivity contribution >= 4 is 11.6 Å². The molecular formula is C9H12ClN3. The van der Waals surface area contributed by atoms with Crippen molar-refractivity contribution in [2.24, 2.45) is 0 Å². The predicted octanol–water partition coefficient (Wildman–Crippen LogP) is 1.68. The molecule has 0 aromatic carbocycles. The van der Waals surface area contributed by atoms with Gasteiger partial charge in [-0.15, -0.1) is 0 Å². The molecule has 1 aromatic heterocycles. The van der Waals surface area contributed by atoms with E-state index in [1.165, 1.54) is 18.4 Å². The normalized spacial score (nSPS) is 19.1. The van der Waals surface area contributed by atoms with Gasteiger partial charge in [0, 0.05) is 23.5 Å². The van der Waals surface area contributed by atoms with E-state index in [9.17, 15) is 0 Å². The average molecular weight is 198 g/mol. The Labute approximate surface area is 82.8 Å². The molecule has 1 fully saturated rings. The third-order valence-electron chi connectivity index (χ3n) is 2.74. The van der Waals surface area contributed by atoms with Crippen LogP contribution in [0.25, 0.3) is 0 Å². The highest BCUT2D eigenvalue weighted by Crippen LogP contribution is 2.49. The maximum Gasteiger partial charge on any atom is 0.222 e. The number of aromatic nitrogens is 2. The van der Waals surface area contributed by atoms with Gasteiger partial charge in [0.15, 0.2) is 0 Å². The number of hydrogen-bond acceptors (Lipinski definition) is 3. The molecule has 1 heterocycles. The molecular weight excluding hydrogens is 186 g/mol. The maximum absolute atomic E-state index is 5.63. The molecule has 13 heavy (non-hydrogen) atoms. The van der Waals surface area contributed by atoms with Gasteiger partial charge in [0.1, 0.15) is 0 Å². The Kier molecular flexibility index (Phi) is 2.00. The van der Waals surface area contributed by atoms with Crippen LogP contribution in [-0.2, 0) is 5.54 Å². The van der Waals surface area contributed by atoms with Crippen molar-refractivity contribution in [1.82, 2.24) is 14.9 Å². The number of rotatable bonds is 2. The Balaban J connectivity index is 2.31. The molecule has 1 saturated carbocycles. The third kappa shape index (κ3) is 1.42. The van der Waals surface area contributed by atoms with Gasteiger partial charge in [-0.1, -0.05) is 0 Å². The minimum Gasteiger partial charge on any atom is -0.300 e. The zero-order valence-electron chi connectivity index (χ0n) is 7.79. The van der Waals surface area contributed by atoms with E-state index in [1.54, 1.807) is 0 Å². The van der Waals surface area contributed by atoms with Crippen LogP contribution >= 0.6 is 11.6 Å². The molecule has 0 bridgehead atoms. The SMILES string of the molecule is CN(C)C1(c2cnc(Cl)nc2)CC1. The summed E-state index contributed by atoms with van der Waals surface area (Å²) in [5.41, 5.74) is 1.35. The van der Waals surface area contributed by atoms with Gasteiger partial charge in [-0.25, -0.2) is 9.97 Å². The Morgan fingerprint density at radius 3 is 2.23 bits per heavy atom. The highest BCUT2D eigenvalue weighted by molar-refractivity contribution is 6.28. The van der Waals surface area contributed by atoms with E-state index in [1.807, 2.05) is 12.4 Å². The van der Waals surface area contributed by atoms with Crippen LogP contribution in [0.2, 0.25) is 5.28 Å². The zero-order chi connectivity index (χ0) is 9.47. The molecule has 0 spiro atoms. The smallest absolute Gasteiger partial charge is 0.222 e. The van der Waals surface area contributed by atoms with E-state index in [-0.39, 0.29) is 5.54 Å². The van der Waals surface area contributed by atoms with Gasteiger partial charge in [0.2, 0.25) is 5.28 Å². The van der Waals surface area contributed by atoms with Crippen LogP contribution in [0.3, 0.4) is 0 Å². The lowest BCUT2D eigenvalue weighted by Gasteiger charge is -2.23. The highest BCUT2D eigenvalue weighted by Gasteiger charge is 2.46.